The highest BCUT2D eigenvalue weighted by molar-refractivity contribution is 6.00. The average Bonchev–Trinajstić information content (AvgIpc) is 3.53. The third-order valence-electron chi connectivity index (χ3n) is 7.68. The first-order valence-electron chi connectivity index (χ1n) is 11.9. The van der Waals surface area contributed by atoms with Crippen molar-refractivity contribution in [1.29, 1.82) is 0 Å². The molecule has 1 aliphatic carbocycles. The van der Waals surface area contributed by atoms with Crippen molar-refractivity contribution in [2.45, 2.75) is 75.2 Å². The van der Waals surface area contributed by atoms with E-state index in [-0.39, 0.29) is 5.60 Å². The summed E-state index contributed by atoms with van der Waals surface area (Å²) in [4.78, 5) is 8.90. The van der Waals surface area contributed by atoms with Crippen LogP contribution in [0.4, 0.5) is 5.82 Å². The van der Waals surface area contributed by atoms with E-state index in [1.54, 1.807) is 6.33 Å². The number of anilines is 1. The minimum absolute atomic E-state index is 0.0865. The summed E-state index contributed by atoms with van der Waals surface area (Å²) in [6.45, 7) is 0.613. The van der Waals surface area contributed by atoms with Gasteiger partial charge >= 0.3 is 0 Å². The minimum atomic E-state index is -0.0865. The van der Waals surface area contributed by atoms with Crippen LogP contribution in [0.5, 0.6) is 5.75 Å². The molecule has 2 saturated heterocycles. The van der Waals surface area contributed by atoms with Crippen molar-refractivity contribution in [1.82, 2.24) is 14.5 Å². The summed E-state index contributed by atoms with van der Waals surface area (Å²) in [5.74, 6) is 1.37. The van der Waals surface area contributed by atoms with Crippen LogP contribution < -0.4 is 16.2 Å². The molecule has 3 aliphatic rings. The standard InChI is InChI=1S/C25H31N5O2/c26-17-4-6-18(7-5-17)30-13-21(22-23(27)28-15-29-24(22)30)16-2-1-3-20(12-16)31-14-25-10-8-19(32-25)9-11-25/h1-3,12-13,15,17-19H,4-11,14,26H2,(H2,27,28,29). The molecule has 0 atom stereocenters. The van der Waals surface area contributed by atoms with Crippen LogP contribution in [-0.2, 0) is 4.74 Å². The topological polar surface area (TPSA) is 101 Å². The molecule has 2 bridgehead atoms. The molecule has 32 heavy (non-hydrogen) atoms. The SMILES string of the molecule is Nc1ncnc2c1c(-c1cccc(OCC34CCC(CC3)O4)c1)cn2C1CCC(N)CC1. The zero-order valence-corrected chi connectivity index (χ0v) is 18.4. The summed E-state index contributed by atoms with van der Waals surface area (Å²) in [5, 5.41) is 0.913. The number of nitrogen functional groups attached to an aromatic ring is 1. The summed E-state index contributed by atoms with van der Waals surface area (Å²) >= 11 is 0. The minimum Gasteiger partial charge on any atom is -0.491 e. The monoisotopic (exact) mass is 433 g/mol. The Kier molecular flexibility index (Phi) is 4.84. The van der Waals surface area contributed by atoms with Gasteiger partial charge in [-0.05, 0) is 69.1 Å². The van der Waals surface area contributed by atoms with E-state index >= 15 is 0 Å². The maximum absolute atomic E-state index is 6.35. The van der Waals surface area contributed by atoms with Gasteiger partial charge in [-0.2, -0.15) is 0 Å². The van der Waals surface area contributed by atoms with Crippen LogP contribution in [0.15, 0.2) is 36.8 Å². The highest BCUT2D eigenvalue weighted by Crippen LogP contribution is 2.44. The molecule has 0 radical (unpaired) electrons. The normalized spacial score (nSPS) is 29.6. The van der Waals surface area contributed by atoms with Crippen LogP contribution in [0.25, 0.3) is 22.2 Å². The van der Waals surface area contributed by atoms with Crippen LogP contribution in [0.2, 0.25) is 0 Å². The van der Waals surface area contributed by atoms with Gasteiger partial charge in [0.15, 0.2) is 0 Å². The molecule has 4 N–H and O–H groups in total. The lowest BCUT2D eigenvalue weighted by molar-refractivity contribution is -0.0198. The van der Waals surface area contributed by atoms with Gasteiger partial charge in [0.2, 0.25) is 0 Å². The first-order chi connectivity index (χ1) is 15.6. The van der Waals surface area contributed by atoms with Crippen LogP contribution in [0, 0.1) is 0 Å². The fourth-order valence-corrected chi connectivity index (χ4v) is 5.84. The zero-order valence-electron chi connectivity index (χ0n) is 18.4. The summed E-state index contributed by atoms with van der Waals surface area (Å²) in [6, 6.07) is 8.94. The first kappa shape index (κ1) is 20.0. The Bertz CT molecular complexity index is 1130. The van der Waals surface area contributed by atoms with E-state index in [0.717, 1.165) is 79.3 Å². The first-order valence-corrected chi connectivity index (χ1v) is 11.9. The van der Waals surface area contributed by atoms with Crippen LogP contribution in [-0.4, -0.2) is 38.9 Å². The van der Waals surface area contributed by atoms with Crippen molar-refractivity contribution >= 4 is 16.9 Å². The van der Waals surface area contributed by atoms with E-state index < -0.39 is 0 Å². The third-order valence-corrected chi connectivity index (χ3v) is 7.68. The number of nitrogens with zero attached hydrogens (tertiary/aromatic N) is 3. The molecule has 0 spiro atoms. The maximum Gasteiger partial charge on any atom is 0.146 e. The summed E-state index contributed by atoms with van der Waals surface area (Å²) < 4.78 is 14.7. The van der Waals surface area contributed by atoms with Crippen molar-refractivity contribution in [3.63, 3.8) is 0 Å². The van der Waals surface area contributed by atoms with Crippen LogP contribution >= 0.6 is 0 Å². The van der Waals surface area contributed by atoms with Gasteiger partial charge in [-0.15, -0.1) is 0 Å². The molecule has 168 valence electrons. The van der Waals surface area contributed by atoms with E-state index in [9.17, 15) is 0 Å². The number of rotatable bonds is 5. The van der Waals surface area contributed by atoms with Crippen LogP contribution in [0.1, 0.15) is 57.4 Å². The smallest absolute Gasteiger partial charge is 0.146 e. The van der Waals surface area contributed by atoms with Crippen molar-refractivity contribution in [3.8, 4) is 16.9 Å². The summed E-state index contributed by atoms with van der Waals surface area (Å²) in [5.41, 5.74) is 15.4. The second-order valence-electron chi connectivity index (χ2n) is 9.79. The molecule has 1 saturated carbocycles. The Labute approximate surface area is 188 Å². The Hall–Kier alpha value is -2.64. The molecule has 0 unspecified atom stereocenters. The fourth-order valence-electron chi connectivity index (χ4n) is 5.84. The molecule has 3 aromatic rings. The Morgan fingerprint density at radius 3 is 2.66 bits per heavy atom. The largest absolute Gasteiger partial charge is 0.491 e. The molecule has 6 rings (SSSR count). The Morgan fingerprint density at radius 2 is 1.91 bits per heavy atom. The molecule has 2 aliphatic heterocycles. The number of nitrogens with two attached hydrogens (primary N) is 2. The molecule has 4 heterocycles. The second kappa shape index (κ2) is 7.74. The predicted molar refractivity (Wildman–Crippen MR) is 124 cm³/mol. The quantitative estimate of drug-likeness (QED) is 0.625. The van der Waals surface area contributed by atoms with Crippen molar-refractivity contribution in [2.75, 3.05) is 12.3 Å². The number of fused-ring (bicyclic) bond motifs is 3. The zero-order chi connectivity index (χ0) is 21.7. The van der Waals surface area contributed by atoms with Gasteiger partial charge < -0.3 is 25.5 Å². The van der Waals surface area contributed by atoms with Gasteiger partial charge in [-0.1, -0.05) is 12.1 Å². The molecule has 2 aromatic heterocycles. The predicted octanol–water partition coefficient (Wildman–Crippen LogP) is 4.21. The molecule has 0 amide bonds. The Morgan fingerprint density at radius 1 is 1.09 bits per heavy atom. The van der Waals surface area contributed by atoms with Gasteiger partial charge in [0.05, 0.1) is 11.5 Å². The Balaban J connectivity index is 1.32. The molecular weight excluding hydrogens is 402 g/mol. The van der Waals surface area contributed by atoms with Gasteiger partial charge in [-0.3, -0.25) is 0 Å². The number of benzene rings is 1. The lowest BCUT2D eigenvalue weighted by Crippen LogP contribution is -2.32. The van der Waals surface area contributed by atoms with Crippen LogP contribution in [0.3, 0.4) is 0 Å². The highest BCUT2D eigenvalue weighted by Gasteiger charge is 2.46. The number of hydrogen-bond acceptors (Lipinski definition) is 6. The molecule has 7 nitrogen and oxygen atoms in total. The van der Waals surface area contributed by atoms with Gasteiger partial charge in [0.25, 0.3) is 0 Å². The second-order valence-corrected chi connectivity index (χ2v) is 9.79. The van der Waals surface area contributed by atoms with Gasteiger partial charge in [0.1, 0.15) is 35.7 Å². The summed E-state index contributed by atoms with van der Waals surface area (Å²) in [6.07, 6.45) is 12.9. The summed E-state index contributed by atoms with van der Waals surface area (Å²) in [7, 11) is 0. The van der Waals surface area contributed by atoms with E-state index in [4.69, 9.17) is 20.9 Å². The van der Waals surface area contributed by atoms with E-state index in [1.807, 2.05) is 12.1 Å². The number of hydrogen-bond donors (Lipinski definition) is 2. The third kappa shape index (κ3) is 3.44. The fraction of sp³-hybridized carbons (Fsp3) is 0.520. The van der Waals surface area contributed by atoms with Crippen molar-refractivity contribution in [2.24, 2.45) is 5.73 Å². The van der Waals surface area contributed by atoms with Gasteiger partial charge in [0, 0.05) is 23.8 Å². The van der Waals surface area contributed by atoms with Crippen molar-refractivity contribution < 1.29 is 9.47 Å². The lowest BCUT2D eigenvalue weighted by Gasteiger charge is -2.27. The highest BCUT2D eigenvalue weighted by atomic mass is 16.6. The lowest BCUT2D eigenvalue weighted by atomic mass is 9.89. The average molecular weight is 434 g/mol. The van der Waals surface area contributed by atoms with E-state index in [0.29, 0.717) is 30.6 Å². The van der Waals surface area contributed by atoms with E-state index in [1.165, 1.54) is 0 Å². The molecular formula is C25H31N5O2. The van der Waals surface area contributed by atoms with Gasteiger partial charge in [-0.25, -0.2) is 9.97 Å². The van der Waals surface area contributed by atoms with E-state index in [2.05, 4.69) is 32.9 Å². The van der Waals surface area contributed by atoms with Crippen molar-refractivity contribution in [3.05, 3.63) is 36.8 Å². The molecule has 1 aromatic carbocycles. The number of ether oxygens (including phenoxy) is 2. The number of aromatic nitrogens is 3. The maximum atomic E-state index is 6.35. The molecule has 3 fully saturated rings. The molecule has 7 heteroatoms.